The number of rotatable bonds is 5. The van der Waals surface area contributed by atoms with E-state index in [1.54, 1.807) is 6.07 Å². The molecule has 28 heavy (non-hydrogen) atoms. The first-order valence-electron chi connectivity index (χ1n) is 9.68. The molecule has 0 unspecified atom stereocenters. The van der Waals surface area contributed by atoms with Gasteiger partial charge < -0.3 is 24.8 Å². The fourth-order valence-corrected chi connectivity index (χ4v) is 3.63. The van der Waals surface area contributed by atoms with Crippen LogP contribution in [0, 0.1) is 0 Å². The molecule has 0 spiro atoms. The Hall–Kier alpha value is -3.22. The van der Waals surface area contributed by atoms with E-state index in [4.69, 9.17) is 0 Å². The van der Waals surface area contributed by atoms with Crippen molar-refractivity contribution in [1.82, 2.24) is 19.8 Å². The minimum absolute atomic E-state index is 0.0209. The number of aromatic nitrogens is 2. The first kappa shape index (κ1) is 18.2. The lowest BCUT2D eigenvalue weighted by Gasteiger charge is -2.36. The molecule has 2 aromatic carbocycles. The molecule has 0 saturated carbocycles. The highest BCUT2D eigenvalue weighted by Gasteiger charge is 2.22. The van der Waals surface area contributed by atoms with Crippen molar-refractivity contribution in [3.63, 3.8) is 0 Å². The summed E-state index contributed by atoms with van der Waals surface area (Å²) in [5.74, 6) is 0.285. The van der Waals surface area contributed by atoms with Crippen molar-refractivity contribution < 1.29 is 9.90 Å². The SMILES string of the molecule is O=C(NCCCn1cnc2ccccc21)N1CCN(c2ccccc2O)CC1. The number of carbonyl (C=O) groups is 1. The summed E-state index contributed by atoms with van der Waals surface area (Å²) in [5.41, 5.74) is 2.94. The van der Waals surface area contributed by atoms with Crippen LogP contribution >= 0.6 is 0 Å². The fourth-order valence-electron chi connectivity index (χ4n) is 3.63. The van der Waals surface area contributed by atoms with Crippen LogP contribution in [-0.2, 0) is 6.54 Å². The Morgan fingerprint density at radius 1 is 1.04 bits per heavy atom. The molecule has 0 radical (unpaired) electrons. The Labute approximate surface area is 164 Å². The van der Waals surface area contributed by atoms with Gasteiger partial charge in [-0.25, -0.2) is 9.78 Å². The van der Waals surface area contributed by atoms with Gasteiger partial charge in [-0.15, -0.1) is 0 Å². The number of benzene rings is 2. The molecule has 1 aliphatic rings. The van der Waals surface area contributed by atoms with Crippen molar-refractivity contribution in [2.45, 2.75) is 13.0 Å². The van der Waals surface area contributed by atoms with Crippen LogP contribution in [0.1, 0.15) is 6.42 Å². The van der Waals surface area contributed by atoms with Gasteiger partial charge in [-0.1, -0.05) is 24.3 Å². The van der Waals surface area contributed by atoms with Crippen LogP contribution < -0.4 is 10.2 Å². The van der Waals surface area contributed by atoms with E-state index in [1.165, 1.54) is 0 Å². The largest absolute Gasteiger partial charge is 0.506 e. The number of aromatic hydroxyl groups is 1. The van der Waals surface area contributed by atoms with Crippen molar-refractivity contribution in [2.75, 3.05) is 37.6 Å². The molecule has 1 fully saturated rings. The summed E-state index contributed by atoms with van der Waals surface area (Å²) in [5, 5.41) is 13.0. The Kier molecular flexibility index (Phi) is 5.32. The summed E-state index contributed by atoms with van der Waals surface area (Å²) < 4.78 is 2.12. The molecule has 146 valence electrons. The van der Waals surface area contributed by atoms with Gasteiger partial charge in [0, 0.05) is 39.3 Å². The summed E-state index contributed by atoms with van der Waals surface area (Å²) in [6.07, 6.45) is 2.70. The van der Waals surface area contributed by atoms with E-state index in [0.29, 0.717) is 32.7 Å². The third-order valence-electron chi connectivity index (χ3n) is 5.17. The van der Waals surface area contributed by atoms with Gasteiger partial charge >= 0.3 is 6.03 Å². The van der Waals surface area contributed by atoms with Crippen LogP contribution in [0.15, 0.2) is 54.9 Å². The summed E-state index contributed by atoms with van der Waals surface area (Å²) >= 11 is 0. The van der Waals surface area contributed by atoms with Crippen LogP contribution in [0.25, 0.3) is 11.0 Å². The van der Waals surface area contributed by atoms with Gasteiger partial charge in [-0.3, -0.25) is 0 Å². The number of hydrogen-bond acceptors (Lipinski definition) is 4. The van der Waals surface area contributed by atoms with Crippen LogP contribution in [0.3, 0.4) is 0 Å². The van der Waals surface area contributed by atoms with Crippen molar-refractivity contribution in [1.29, 1.82) is 0 Å². The van der Waals surface area contributed by atoms with Crippen LogP contribution in [-0.4, -0.2) is 58.3 Å². The molecular weight excluding hydrogens is 354 g/mol. The Morgan fingerprint density at radius 3 is 2.61 bits per heavy atom. The molecule has 1 saturated heterocycles. The number of piperazine rings is 1. The minimum atomic E-state index is -0.0209. The average molecular weight is 379 g/mol. The molecule has 1 aliphatic heterocycles. The molecule has 2 amide bonds. The lowest BCUT2D eigenvalue weighted by atomic mass is 10.2. The maximum Gasteiger partial charge on any atom is 0.317 e. The van der Waals surface area contributed by atoms with Crippen molar-refractivity contribution in [3.05, 3.63) is 54.9 Å². The molecule has 2 N–H and O–H groups in total. The minimum Gasteiger partial charge on any atom is -0.506 e. The number of hydrogen-bond donors (Lipinski definition) is 2. The maximum atomic E-state index is 12.4. The van der Waals surface area contributed by atoms with Gasteiger partial charge in [-0.2, -0.15) is 0 Å². The number of nitrogens with one attached hydrogen (secondary N) is 1. The molecule has 7 nitrogen and oxygen atoms in total. The average Bonchev–Trinajstić information content (AvgIpc) is 3.15. The van der Waals surface area contributed by atoms with E-state index in [-0.39, 0.29) is 11.8 Å². The maximum absolute atomic E-state index is 12.4. The normalized spacial score (nSPS) is 14.4. The third-order valence-corrected chi connectivity index (χ3v) is 5.17. The zero-order chi connectivity index (χ0) is 19.3. The van der Waals surface area contributed by atoms with Crippen LogP contribution in [0.5, 0.6) is 5.75 Å². The Balaban J connectivity index is 1.21. The Morgan fingerprint density at radius 2 is 1.79 bits per heavy atom. The first-order chi connectivity index (χ1) is 13.7. The molecule has 0 bridgehead atoms. The number of imidazole rings is 1. The molecule has 0 atom stereocenters. The van der Waals surface area contributed by atoms with Crippen molar-refractivity contribution in [2.24, 2.45) is 0 Å². The van der Waals surface area contributed by atoms with Crippen molar-refractivity contribution in [3.8, 4) is 5.75 Å². The number of urea groups is 1. The van der Waals surface area contributed by atoms with E-state index in [2.05, 4.69) is 25.8 Å². The van der Waals surface area contributed by atoms with Crippen molar-refractivity contribution >= 4 is 22.8 Å². The number of fused-ring (bicyclic) bond motifs is 1. The van der Waals surface area contributed by atoms with Gasteiger partial charge in [0.2, 0.25) is 0 Å². The molecule has 2 heterocycles. The smallest absolute Gasteiger partial charge is 0.317 e. The molecule has 0 aliphatic carbocycles. The zero-order valence-corrected chi connectivity index (χ0v) is 15.8. The lowest BCUT2D eigenvalue weighted by molar-refractivity contribution is 0.194. The predicted molar refractivity (Wildman–Crippen MR) is 110 cm³/mol. The van der Waals surface area contributed by atoms with E-state index in [0.717, 1.165) is 29.7 Å². The van der Waals surface area contributed by atoms with Crippen LogP contribution in [0.4, 0.5) is 10.5 Å². The standard InChI is InChI=1S/C21H25N5O2/c27-20-9-4-3-8-19(20)24-12-14-25(15-13-24)21(28)22-10-5-11-26-16-23-17-6-1-2-7-18(17)26/h1-4,6-9,16,27H,5,10-15H2,(H,22,28). The second-order valence-corrected chi connectivity index (χ2v) is 6.97. The molecule has 7 heteroatoms. The van der Waals surface area contributed by atoms with E-state index in [9.17, 15) is 9.90 Å². The zero-order valence-electron chi connectivity index (χ0n) is 15.8. The number of aryl methyl sites for hydroxylation is 1. The number of phenols is 1. The Bertz CT molecular complexity index is 947. The number of phenolic OH excluding ortho intramolecular Hbond substituents is 1. The number of amides is 2. The molecule has 3 aromatic rings. The highest BCUT2D eigenvalue weighted by Crippen LogP contribution is 2.27. The second-order valence-electron chi connectivity index (χ2n) is 6.97. The highest BCUT2D eigenvalue weighted by atomic mass is 16.3. The lowest BCUT2D eigenvalue weighted by Crippen LogP contribution is -2.52. The van der Waals surface area contributed by atoms with Gasteiger partial charge in [0.15, 0.2) is 0 Å². The molecule has 1 aromatic heterocycles. The monoisotopic (exact) mass is 379 g/mol. The number of anilines is 1. The highest BCUT2D eigenvalue weighted by molar-refractivity contribution is 5.75. The number of nitrogens with zero attached hydrogens (tertiary/aromatic N) is 4. The van der Waals surface area contributed by atoms with E-state index >= 15 is 0 Å². The van der Waals surface area contributed by atoms with E-state index in [1.807, 2.05) is 47.6 Å². The number of para-hydroxylation sites is 4. The summed E-state index contributed by atoms with van der Waals surface area (Å²) in [6, 6.07) is 15.4. The van der Waals surface area contributed by atoms with Gasteiger partial charge in [-0.05, 0) is 30.7 Å². The quantitative estimate of drug-likeness (QED) is 0.669. The topological polar surface area (TPSA) is 73.6 Å². The second kappa shape index (κ2) is 8.21. The van der Waals surface area contributed by atoms with E-state index < -0.39 is 0 Å². The van der Waals surface area contributed by atoms with Gasteiger partial charge in [0.25, 0.3) is 0 Å². The molecule has 4 rings (SSSR count). The third kappa shape index (κ3) is 3.88. The fraction of sp³-hybridized carbons (Fsp3) is 0.333. The predicted octanol–water partition coefficient (Wildman–Crippen LogP) is 2.66. The number of carbonyl (C=O) groups excluding carboxylic acids is 1. The first-order valence-corrected chi connectivity index (χ1v) is 9.68. The summed E-state index contributed by atoms with van der Waals surface area (Å²) in [4.78, 5) is 20.7. The summed E-state index contributed by atoms with van der Waals surface area (Å²) in [7, 11) is 0. The van der Waals surface area contributed by atoms with Gasteiger partial charge in [0.05, 0.1) is 23.0 Å². The summed E-state index contributed by atoms with van der Waals surface area (Å²) in [6.45, 7) is 4.17. The van der Waals surface area contributed by atoms with Crippen LogP contribution in [0.2, 0.25) is 0 Å². The molecular formula is C21H25N5O2. The van der Waals surface area contributed by atoms with Gasteiger partial charge in [0.1, 0.15) is 5.75 Å².